The van der Waals surface area contributed by atoms with Crippen molar-refractivity contribution in [2.45, 2.75) is 38.4 Å². The van der Waals surface area contributed by atoms with E-state index in [0.717, 1.165) is 35.7 Å². The Bertz CT molecular complexity index is 1520. The highest BCUT2D eigenvalue weighted by molar-refractivity contribution is 6.14. The number of benzene rings is 1. The van der Waals surface area contributed by atoms with Crippen molar-refractivity contribution in [3.05, 3.63) is 70.2 Å². The van der Waals surface area contributed by atoms with E-state index in [1.54, 1.807) is 6.07 Å². The smallest absolute Gasteiger partial charge is 0.364 e. The quantitative estimate of drug-likeness (QED) is 0.381. The SMILES string of the molecule is Cc1c(NC(=O)c2cc(C(N)=O)nc3cc(F)ccc23)c(C(F)(F)F)nn1Cc1cc(C2CC2)on1. The lowest BCUT2D eigenvalue weighted by Crippen LogP contribution is -2.19. The van der Waals surface area contributed by atoms with E-state index in [0.29, 0.717) is 11.5 Å². The maximum Gasteiger partial charge on any atom is 0.437 e. The Morgan fingerprint density at radius 3 is 2.64 bits per heavy atom. The summed E-state index contributed by atoms with van der Waals surface area (Å²) in [7, 11) is 0. The molecule has 0 saturated heterocycles. The van der Waals surface area contributed by atoms with Gasteiger partial charge in [-0.1, -0.05) is 5.16 Å². The number of fused-ring (bicyclic) bond motifs is 1. The van der Waals surface area contributed by atoms with Crippen LogP contribution in [-0.2, 0) is 12.7 Å². The van der Waals surface area contributed by atoms with Crippen molar-refractivity contribution in [2.75, 3.05) is 5.32 Å². The average Bonchev–Trinajstić information content (AvgIpc) is 3.48. The number of halogens is 4. The molecule has 0 atom stereocenters. The fraction of sp³-hybridized carbons (Fsp3) is 0.261. The number of alkyl halides is 3. The molecule has 5 rings (SSSR count). The number of nitrogens with two attached hydrogens (primary N) is 1. The molecule has 4 aromatic rings. The summed E-state index contributed by atoms with van der Waals surface area (Å²) >= 11 is 0. The van der Waals surface area contributed by atoms with Crippen LogP contribution in [0.5, 0.6) is 0 Å². The highest BCUT2D eigenvalue weighted by Crippen LogP contribution is 2.40. The molecule has 0 unspecified atom stereocenters. The van der Waals surface area contributed by atoms with Gasteiger partial charge in [-0.25, -0.2) is 9.37 Å². The lowest BCUT2D eigenvalue weighted by Gasteiger charge is -2.11. The third-order valence-corrected chi connectivity index (χ3v) is 5.85. The minimum Gasteiger partial charge on any atom is -0.364 e. The number of primary amides is 1. The fourth-order valence-electron chi connectivity index (χ4n) is 3.86. The lowest BCUT2D eigenvalue weighted by molar-refractivity contribution is -0.140. The van der Waals surface area contributed by atoms with Gasteiger partial charge in [-0.15, -0.1) is 0 Å². The number of aromatic nitrogens is 4. The van der Waals surface area contributed by atoms with Crippen LogP contribution in [0.1, 0.15) is 62.4 Å². The number of pyridine rings is 1. The van der Waals surface area contributed by atoms with Crippen molar-refractivity contribution in [1.29, 1.82) is 0 Å². The van der Waals surface area contributed by atoms with E-state index in [4.69, 9.17) is 10.3 Å². The van der Waals surface area contributed by atoms with Gasteiger partial charge >= 0.3 is 6.18 Å². The highest BCUT2D eigenvalue weighted by atomic mass is 19.4. The molecule has 0 radical (unpaired) electrons. The number of nitrogens with zero attached hydrogens (tertiary/aromatic N) is 4. The maximum atomic E-state index is 13.8. The van der Waals surface area contributed by atoms with Crippen LogP contribution in [-0.4, -0.2) is 31.7 Å². The van der Waals surface area contributed by atoms with Crippen LogP contribution in [0.4, 0.5) is 23.2 Å². The Morgan fingerprint density at radius 2 is 1.97 bits per heavy atom. The fourth-order valence-corrected chi connectivity index (χ4v) is 3.86. The van der Waals surface area contributed by atoms with Gasteiger partial charge in [-0.2, -0.15) is 18.3 Å². The number of rotatable bonds is 6. The molecule has 3 aromatic heterocycles. The molecule has 1 saturated carbocycles. The summed E-state index contributed by atoms with van der Waals surface area (Å²) in [6, 6.07) is 6.00. The Morgan fingerprint density at radius 1 is 1.22 bits per heavy atom. The predicted molar refractivity (Wildman–Crippen MR) is 118 cm³/mol. The summed E-state index contributed by atoms with van der Waals surface area (Å²) in [5.74, 6) is -1.71. The molecule has 3 heterocycles. The number of amides is 2. The van der Waals surface area contributed by atoms with E-state index in [2.05, 4.69) is 20.6 Å². The van der Waals surface area contributed by atoms with Crippen LogP contribution in [0.25, 0.3) is 10.9 Å². The van der Waals surface area contributed by atoms with E-state index in [9.17, 15) is 27.2 Å². The van der Waals surface area contributed by atoms with Gasteiger partial charge in [0, 0.05) is 23.4 Å². The summed E-state index contributed by atoms with van der Waals surface area (Å²) < 4.78 is 61.6. The molecule has 1 fully saturated rings. The molecular weight excluding hydrogens is 484 g/mol. The van der Waals surface area contributed by atoms with Crippen LogP contribution < -0.4 is 11.1 Å². The predicted octanol–water partition coefficient (Wildman–Crippen LogP) is 4.16. The Labute approximate surface area is 200 Å². The van der Waals surface area contributed by atoms with Crippen LogP contribution in [0.3, 0.4) is 0 Å². The molecule has 1 aliphatic carbocycles. The van der Waals surface area contributed by atoms with Crippen LogP contribution in [0.15, 0.2) is 34.9 Å². The Balaban J connectivity index is 1.53. The number of carbonyl (C=O) groups excluding carboxylic acids is 2. The van der Waals surface area contributed by atoms with Crippen molar-refractivity contribution in [1.82, 2.24) is 19.9 Å². The standard InChI is InChI=1S/C23H18F4N6O3/c1-10-19(20(23(25,26)27)31-33(10)9-13-7-18(36-32-13)11-2-3-11)30-22(35)15-8-17(21(28)34)29-16-6-12(24)4-5-14(15)16/h4-8,11H,2-3,9H2,1H3,(H2,28,34)(H,30,35). The Hall–Kier alpha value is -4.29. The van der Waals surface area contributed by atoms with E-state index >= 15 is 0 Å². The average molecular weight is 502 g/mol. The van der Waals surface area contributed by atoms with Gasteiger partial charge in [0.15, 0.2) is 5.69 Å². The van der Waals surface area contributed by atoms with Gasteiger partial charge in [-0.05, 0) is 38.0 Å². The minimum absolute atomic E-state index is 0.0196. The molecule has 186 valence electrons. The van der Waals surface area contributed by atoms with E-state index in [1.807, 2.05) is 0 Å². The van der Waals surface area contributed by atoms with E-state index < -0.39 is 35.2 Å². The molecule has 1 aromatic carbocycles. The van der Waals surface area contributed by atoms with Crippen molar-refractivity contribution in [3.63, 3.8) is 0 Å². The number of carbonyl (C=O) groups is 2. The van der Waals surface area contributed by atoms with Gasteiger partial charge in [0.2, 0.25) is 0 Å². The molecule has 0 aliphatic heterocycles. The molecule has 1 aliphatic rings. The van der Waals surface area contributed by atoms with E-state index in [-0.39, 0.29) is 40.3 Å². The first-order valence-electron chi connectivity index (χ1n) is 10.8. The first-order valence-corrected chi connectivity index (χ1v) is 10.8. The first-order chi connectivity index (χ1) is 17.0. The zero-order valence-corrected chi connectivity index (χ0v) is 18.7. The van der Waals surface area contributed by atoms with Crippen LogP contribution >= 0.6 is 0 Å². The van der Waals surface area contributed by atoms with Gasteiger partial charge in [0.05, 0.1) is 29.0 Å². The normalized spacial score (nSPS) is 13.8. The van der Waals surface area contributed by atoms with Gasteiger partial charge in [0.25, 0.3) is 11.8 Å². The molecule has 9 nitrogen and oxygen atoms in total. The van der Waals surface area contributed by atoms with Crippen molar-refractivity contribution < 1.29 is 31.7 Å². The Kier molecular flexibility index (Phi) is 5.49. The number of anilines is 1. The molecule has 2 amide bonds. The zero-order chi connectivity index (χ0) is 25.8. The lowest BCUT2D eigenvalue weighted by atomic mass is 10.1. The second kappa shape index (κ2) is 8.43. The molecule has 36 heavy (non-hydrogen) atoms. The molecule has 0 bridgehead atoms. The molecular formula is C23H18F4N6O3. The summed E-state index contributed by atoms with van der Waals surface area (Å²) in [6.07, 6.45) is -2.95. The summed E-state index contributed by atoms with van der Waals surface area (Å²) in [6.45, 7) is 1.26. The zero-order valence-electron chi connectivity index (χ0n) is 18.7. The molecule has 0 spiro atoms. The first kappa shape index (κ1) is 23.5. The van der Waals surface area contributed by atoms with Crippen molar-refractivity contribution >= 4 is 28.4 Å². The van der Waals surface area contributed by atoms with Crippen LogP contribution in [0.2, 0.25) is 0 Å². The minimum atomic E-state index is -4.89. The van der Waals surface area contributed by atoms with Crippen molar-refractivity contribution in [3.8, 4) is 0 Å². The second-order valence-electron chi connectivity index (χ2n) is 8.49. The summed E-state index contributed by atoms with van der Waals surface area (Å²) in [4.78, 5) is 28.8. The third-order valence-electron chi connectivity index (χ3n) is 5.85. The second-order valence-corrected chi connectivity index (χ2v) is 8.49. The number of hydrogen-bond donors (Lipinski definition) is 2. The molecule has 3 N–H and O–H groups in total. The third kappa shape index (κ3) is 4.39. The van der Waals surface area contributed by atoms with Gasteiger partial charge in [-0.3, -0.25) is 14.3 Å². The van der Waals surface area contributed by atoms with Gasteiger partial charge in [0.1, 0.15) is 23.0 Å². The monoisotopic (exact) mass is 502 g/mol. The maximum absolute atomic E-state index is 13.8. The molecule has 13 heteroatoms. The number of hydrogen-bond acceptors (Lipinski definition) is 6. The largest absolute Gasteiger partial charge is 0.437 e. The summed E-state index contributed by atoms with van der Waals surface area (Å²) in [5.41, 5.74) is 3.19. The topological polar surface area (TPSA) is 129 Å². The van der Waals surface area contributed by atoms with Gasteiger partial charge < -0.3 is 15.6 Å². The van der Waals surface area contributed by atoms with Crippen LogP contribution in [0, 0.1) is 12.7 Å². The number of nitrogens with one attached hydrogen (secondary N) is 1. The van der Waals surface area contributed by atoms with E-state index in [1.165, 1.54) is 13.0 Å². The van der Waals surface area contributed by atoms with Crippen molar-refractivity contribution in [2.24, 2.45) is 5.73 Å². The highest BCUT2D eigenvalue weighted by Gasteiger charge is 2.39. The summed E-state index contributed by atoms with van der Waals surface area (Å²) in [5, 5.41) is 9.95.